The summed E-state index contributed by atoms with van der Waals surface area (Å²) in [5.41, 5.74) is 1.43. The standard InChI is InChI=1S/C12H10FN/c1-2-11(13)9-7-8-14-12-6-4-3-5-10(9)12/h2-8H,1H3/b11-2+. The molecule has 2 aromatic rings. The number of halogens is 1. The van der Waals surface area contributed by atoms with Crippen LogP contribution >= 0.6 is 0 Å². The molecular formula is C12H10FN. The summed E-state index contributed by atoms with van der Waals surface area (Å²) in [6.45, 7) is 1.69. The first-order chi connectivity index (χ1) is 6.83. The second kappa shape index (κ2) is 3.58. The Morgan fingerprint density at radius 2 is 2.07 bits per heavy atom. The Labute approximate surface area is 81.9 Å². The van der Waals surface area contributed by atoms with Crippen LogP contribution < -0.4 is 0 Å². The summed E-state index contributed by atoms with van der Waals surface area (Å²) in [7, 11) is 0. The van der Waals surface area contributed by atoms with E-state index >= 15 is 0 Å². The summed E-state index contributed by atoms with van der Waals surface area (Å²) in [6, 6.07) is 9.23. The summed E-state index contributed by atoms with van der Waals surface area (Å²) in [5.74, 6) is -0.205. The van der Waals surface area contributed by atoms with E-state index in [4.69, 9.17) is 0 Å². The summed E-state index contributed by atoms with van der Waals surface area (Å²) < 4.78 is 13.4. The highest BCUT2D eigenvalue weighted by molar-refractivity contribution is 5.89. The summed E-state index contributed by atoms with van der Waals surface area (Å²) in [6.07, 6.45) is 3.09. The molecule has 0 bridgehead atoms. The topological polar surface area (TPSA) is 12.9 Å². The van der Waals surface area contributed by atoms with Crippen molar-refractivity contribution in [1.82, 2.24) is 4.98 Å². The molecule has 0 spiro atoms. The normalized spacial score (nSPS) is 12.0. The molecule has 0 radical (unpaired) electrons. The minimum Gasteiger partial charge on any atom is -0.256 e. The third-order valence-electron chi connectivity index (χ3n) is 2.16. The Bertz CT molecular complexity index is 483. The van der Waals surface area contributed by atoms with Crippen LogP contribution in [-0.2, 0) is 0 Å². The summed E-state index contributed by atoms with van der Waals surface area (Å²) >= 11 is 0. The van der Waals surface area contributed by atoms with Crippen LogP contribution in [0.1, 0.15) is 12.5 Å². The fourth-order valence-electron chi connectivity index (χ4n) is 1.46. The zero-order chi connectivity index (χ0) is 9.97. The van der Waals surface area contributed by atoms with Crippen molar-refractivity contribution in [3.63, 3.8) is 0 Å². The number of rotatable bonds is 1. The molecule has 0 N–H and O–H groups in total. The van der Waals surface area contributed by atoms with E-state index < -0.39 is 0 Å². The Hall–Kier alpha value is -1.70. The van der Waals surface area contributed by atoms with Gasteiger partial charge < -0.3 is 0 Å². The van der Waals surface area contributed by atoms with Gasteiger partial charge in [0.2, 0.25) is 0 Å². The fraction of sp³-hybridized carbons (Fsp3) is 0.0833. The van der Waals surface area contributed by atoms with E-state index in [2.05, 4.69) is 4.98 Å². The van der Waals surface area contributed by atoms with Gasteiger partial charge >= 0.3 is 0 Å². The number of aromatic nitrogens is 1. The second-order valence-electron chi connectivity index (χ2n) is 3.01. The second-order valence-corrected chi connectivity index (χ2v) is 3.01. The third-order valence-corrected chi connectivity index (χ3v) is 2.16. The fourth-order valence-corrected chi connectivity index (χ4v) is 1.46. The molecule has 0 amide bonds. The van der Waals surface area contributed by atoms with Crippen LogP contribution in [0.4, 0.5) is 4.39 Å². The van der Waals surface area contributed by atoms with Gasteiger partial charge in [-0.25, -0.2) is 4.39 Å². The lowest BCUT2D eigenvalue weighted by Crippen LogP contribution is -1.84. The molecule has 2 heteroatoms. The van der Waals surface area contributed by atoms with Gasteiger partial charge in [0.1, 0.15) is 5.83 Å². The Kier molecular flexibility index (Phi) is 2.27. The Morgan fingerprint density at radius 1 is 1.29 bits per heavy atom. The molecule has 1 aromatic heterocycles. The van der Waals surface area contributed by atoms with Crippen LogP contribution in [0.3, 0.4) is 0 Å². The molecule has 0 aliphatic heterocycles. The number of para-hydroxylation sites is 1. The summed E-state index contributed by atoms with van der Waals surface area (Å²) in [4.78, 5) is 4.16. The molecule has 0 saturated heterocycles. The van der Waals surface area contributed by atoms with Gasteiger partial charge in [0.25, 0.3) is 0 Å². The van der Waals surface area contributed by atoms with Gasteiger partial charge in [0.15, 0.2) is 0 Å². The van der Waals surface area contributed by atoms with Crippen LogP contribution in [0, 0.1) is 0 Å². The molecule has 0 saturated carbocycles. The van der Waals surface area contributed by atoms with Crippen molar-refractivity contribution in [2.45, 2.75) is 6.92 Å². The quantitative estimate of drug-likeness (QED) is 0.665. The Morgan fingerprint density at radius 3 is 2.86 bits per heavy atom. The molecule has 1 heterocycles. The molecule has 1 nitrogen and oxygen atoms in total. The van der Waals surface area contributed by atoms with Crippen LogP contribution in [0.2, 0.25) is 0 Å². The van der Waals surface area contributed by atoms with Crippen LogP contribution in [-0.4, -0.2) is 4.98 Å². The number of pyridine rings is 1. The summed E-state index contributed by atoms with van der Waals surface area (Å²) in [5, 5.41) is 0.852. The zero-order valence-corrected chi connectivity index (χ0v) is 7.87. The largest absolute Gasteiger partial charge is 0.256 e. The number of hydrogen-bond donors (Lipinski definition) is 0. The monoisotopic (exact) mass is 187 g/mol. The molecule has 0 aliphatic carbocycles. The van der Waals surface area contributed by atoms with Crippen molar-refractivity contribution < 1.29 is 4.39 Å². The minimum absolute atomic E-state index is 0.205. The van der Waals surface area contributed by atoms with Gasteiger partial charge in [-0.1, -0.05) is 24.3 Å². The van der Waals surface area contributed by atoms with E-state index in [1.807, 2.05) is 24.3 Å². The lowest BCUT2D eigenvalue weighted by Gasteiger charge is -2.02. The van der Waals surface area contributed by atoms with E-state index in [1.165, 1.54) is 6.08 Å². The molecule has 1 aromatic carbocycles. The molecule has 0 aliphatic rings. The first-order valence-corrected chi connectivity index (χ1v) is 4.49. The van der Waals surface area contributed by atoms with Gasteiger partial charge in [-0.05, 0) is 19.1 Å². The van der Waals surface area contributed by atoms with Crippen molar-refractivity contribution in [1.29, 1.82) is 0 Å². The lowest BCUT2D eigenvalue weighted by atomic mass is 10.1. The molecular weight excluding hydrogens is 177 g/mol. The highest BCUT2D eigenvalue weighted by Crippen LogP contribution is 2.23. The predicted molar refractivity (Wildman–Crippen MR) is 56.5 cm³/mol. The van der Waals surface area contributed by atoms with Gasteiger partial charge in [0, 0.05) is 17.1 Å². The van der Waals surface area contributed by atoms with Gasteiger partial charge in [-0.3, -0.25) is 4.98 Å². The average molecular weight is 187 g/mol. The molecule has 2 rings (SSSR count). The van der Waals surface area contributed by atoms with Crippen LogP contribution in [0.15, 0.2) is 42.6 Å². The van der Waals surface area contributed by atoms with E-state index in [-0.39, 0.29) is 5.83 Å². The maximum absolute atomic E-state index is 13.4. The highest BCUT2D eigenvalue weighted by atomic mass is 19.1. The maximum Gasteiger partial charge on any atom is 0.126 e. The predicted octanol–water partition coefficient (Wildman–Crippen LogP) is 3.57. The number of benzene rings is 1. The minimum atomic E-state index is -0.205. The van der Waals surface area contributed by atoms with Gasteiger partial charge in [-0.2, -0.15) is 0 Å². The van der Waals surface area contributed by atoms with Crippen molar-refractivity contribution >= 4 is 16.7 Å². The highest BCUT2D eigenvalue weighted by Gasteiger charge is 2.04. The molecule has 0 unspecified atom stereocenters. The zero-order valence-electron chi connectivity index (χ0n) is 7.87. The van der Waals surface area contributed by atoms with Crippen LogP contribution in [0.5, 0.6) is 0 Å². The number of nitrogens with zero attached hydrogens (tertiary/aromatic N) is 1. The van der Waals surface area contributed by atoms with Crippen molar-refractivity contribution in [2.75, 3.05) is 0 Å². The average Bonchev–Trinajstić information content (AvgIpc) is 2.27. The SMILES string of the molecule is C/C=C(/F)c1ccnc2ccccc12. The van der Waals surface area contributed by atoms with Crippen LogP contribution in [0.25, 0.3) is 16.7 Å². The smallest absolute Gasteiger partial charge is 0.126 e. The third kappa shape index (κ3) is 1.39. The van der Waals surface area contributed by atoms with Crippen molar-refractivity contribution in [2.24, 2.45) is 0 Å². The van der Waals surface area contributed by atoms with E-state index in [0.29, 0.717) is 5.56 Å². The maximum atomic E-state index is 13.4. The number of fused-ring (bicyclic) bond motifs is 1. The number of hydrogen-bond acceptors (Lipinski definition) is 1. The number of allylic oxidation sites excluding steroid dienone is 1. The van der Waals surface area contributed by atoms with Gasteiger partial charge in [-0.15, -0.1) is 0 Å². The molecule has 0 atom stereocenters. The first-order valence-electron chi connectivity index (χ1n) is 4.49. The molecule has 70 valence electrons. The Balaban J connectivity index is 2.77. The first kappa shape index (κ1) is 8.88. The van der Waals surface area contributed by atoms with E-state index in [0.717, 1.165) is 10.9 Å². The van der Waals surface area contributed by atoms with E-state index in [9.17, 15) is 4.39 Å². The van der Waals surface area contributed by atoms with Gasteiger partial charge in [0.05, 0.1) is 5.52 Å². The van der Waals surface area contributed by atoms with Crippen molar-refractivity contribution in [3.05, 3.63) is 48.2 Å². The van der Waals surface area contributed by atoms with Crippen molar-refractivity contribution in [3.8, 4) is 0 Å². The molecule has 0 fully saturated rings. The van der Waals surface area contributed by atoms with E-state index in [1.54, 1.807) is 19.2 Å². The molecule has 14 heavy (non-hydrogen) atoms. The lowest BCUT2D eigenvalue weighted by molar-refractivity contribution is 0.760.